The van der Waals surface area contributed by atoms with E-state index in [2.05, 4.69) is 10.2 Å². The van der Waals surface area contributed by atoms with Gasteiger partial charge in [0.05, 0.1) is 48.8 Å². The molecule has 0 radical (unpaired) electrons. The van der Waals surface area contributed by atoms with Crippen LogP contribution >= 0.6 is 0 Å². The summed E-state index contributed by atoms with van der Waals surface area (Å²) in [5.74, 6) is -0.386. The van der Waals surface area contributed by atoms with E-state index in [1.54, 1.807) is 35.4 Å². The molecule has 16 nitrogen and oxygen atoms in total. The highest BCUT2D eigenvalue weighted by atomic mass is 16.7. The molecule has 1 atom stereocenters. The fourth-order valence-electron chi connectivity index (χ4n) is 8.49. The van der Waals surface area contributed by atoms with Gasteiger partial charge in [0.25, 0.3) is 5.56 Å². The average molecular weight is 790 g/mol. The molecular formula is C41H51N5O11. The second-order valence-electron chi connectivity index (χ2n) is 14.7. The summed E-state index contributed by atoms with van der Waals surface area (Å²) in [7, 11) is 0. The lowest BCUT2D eigenvalue weighted by Crippen LogP contribution is -2.48. The number of carbonyl (C=O) groups excluding carboxylic acids is 4. The monoisotopic (exact) mass is 789 g/mol. The first-order valence-electron chi connectivity index (χ1n) is 20.1. The van der Waals surface area contributed by atoms with Gasteiger partial charge >= 0.3 is 24.3 Å². The molecule has 0 unspecified atom stereocenters. The van der Waals surface area contributed by atoms with Gasteiger partial charge in [-0.25, -0.2) is 24.2 Å². The number of carbonyl (C=O) groups is 4. The minimum Gasteiger partial charge on any atom is -0.457 e. The van der Waals surface area contributed by atoms with Crippen molar-refractivity contribution in [3.8, 4) is 17.1 Å². The molecule has 7 rings (SSSR count). The highest BCUT2D eigenvalue weighted by Gasteiger charge is 2.51. The molecule has 0 aliphatic carbocycles. The number of piperidine rings is 2. The third-order valence-electron chi connectivity index (χ3n) is 11.4. The van der Waals surface area contributed by atoms with E-state index >= 15 is 0 Å². The lowest BCUT2D eigenvalue weighted by molar-refractivity contribution is -0.175. The Morgan fingerprint density at radius 3 is 2.47 bits per heavy atom. The molecule has 0 bridgehead atoms. The van der Waals surface area contributed by atoms with Gasteiger partial charge in [0.1, 0.15) is 19.0 Å². The number of pyridine rings is 2. The summed E-state index contributed by atoms with van der Waals surface area (Å²) in [5.41, 5.74) is 1.66. The highest BCUT2D eigenvalue weighted by molar-refractivity contribution is 5.91. The predicted molar refractivity (Wildman–Crippen MR) is 206 cm³/mol. The number of ether oxygens (including phenoxy) is 6. The molecule has 16 heteroatoms. The van der Waals surface area contributed by atoms with E-state index in [-0.39, 0.29) is 75.3 Å². The second kappa shape index (κ2) is 17.5. The van der Waals surface area contributed by atoms with Crippen LogP contribution in [0.5, 0.6) is 5.75 Å². The SMILES string of the molecule is CCOC(=O)NCCOCCOC(=O)O[C@]1(CC)C(=O)OCc2c1cc1n(c2=O)Cc2c-1nc1ccc(OC(=O)N3CCC(N4CCCCC4)CC3)cc1c2CC. The lowest BCUT2D eigenvalue weighted by Gasteiger charge is -2.39. The summed E-state index contributed by atoms with van der Waals surface area (Å²) in [6.45, 7) is 9.38. The Morgan fingerprint density at radius 1 is 0.947 bits per heavy atom. The van der Waals surface area contributed by atoms with E-state index < -0.39 is 23.8 Å². The smallest absolute Gasteiger partial charge is 0.457 e. The van der Waals surface area contributed by atoms with Crippen LogP contribution in [0, 0.1) is 0 Å². The molecule has 2 aromatic heterocycles. The van der Waals surface area contributed by atoms with E-state index in [4.69, 9.17) is 33.4 Å². The van der Waals surface area contributed by atoms with Crippen LogP contribution in [0.4, 0.5) is 14.4 Å². The van der Waals surface area contributed by atoms with Crippen LogP contribution in [0.25, 0.3) is 22.3 Å². The predicted octanol–water partition coefficient (Wildman–Crippen LogP) is 5.01. The number of esters is 1. The first-order valence-corrected chi connectivity index (χ1v) is 20.1. The number of cyclic esters (lactones) is 1. The molecule has 2 fully saturated rings. The Bertz CT molecular complexity index is 2070. The van der Waals surface area contributed by atoms with Crippen molar-refractivity contribution < 1.29 is 47.6 Å². The van der Waals surface area contributed by atoms with E-state index in [1.165, 1.54) is 19.3 Å². The lowest BCUT2D eigenvalue weighted by atomic mass is 9.85. The number of aryl methyl sites for hydroxylation is 1. The largest absolute Gasteiger partial charge is 0.509 e. The Hall–Kier alpha value is -5.22. The number of benzene rings is 1. The standard InChI is InChI=1S/C41H51N5O11/c1-4-28-29-22-27(56-39(50)45-17-12-26(13-18-45)44-15-8-7-9-16-44)10-11-33(29)43-35-30(28)24-46-34(35)23-32-31(36(46)47)25-55-37(48)41(32,5-2)57-40(51)54-21-20-52-19-14-42-38(49)53-6-3/h10-11,22-23,26H,4-9,12-21,24-25H2,1-3H3,(H,42,49)/t41-/m0/s1. The average Bonchev–Trinajstić information content (AvgIpc) is 3.59. The second-order valence-corrected chi connectivity index (χ2v) is 14.7. The van der Waals surface area contributed by atoms with E-state index in [1.807, 2.05) is 19.1 Å². The third kappa shape index (κ3) is 8.15. The Kier molecular flexibility index (Phi) is 12.3. The Balaban J connectivity index is 1.07. The minimum atomic E-state index is -1.93. The topological polar surface area (TPSA) is 177 Å². The van der Waals surface area contributed by atoms with Crippen molar-refractivity contribution in [1.29, 1.82) is 0 Å². The normalized spacial score (nSPS) is 19.3. The number of hydrogen-bond acceptors (Lipinski definition) is 13. The molecule has 0 spiro atoms. The molecule has 4 aliphatic heterocycles. The number of hydrogen-bond donors (Lipinski definition) is 1. The first-order chi connectivity index (χ1) is 27.7. The van der Waals surface area contributed by atoms with Crippen molar-refractivity contribution in [2.75, 3.05) is 59.2 Å². The summed E-state index contributed by atoms with van der Waals surface area (Å²) in [6.07, 6.45) is 4.21. The van der Waals surface area contributed by atoms with Crippen LogP contribution in [-0.4, -0.2) is 109 Å². The summed E-state index contributed by atoms with van der Waals surface area (Å²) in [5, 5.41) is 3.34. The van der Waals surface area contributed by atoms with Crippen LogP contribution in [0.1, 0.15) is 81.5 Å². The van der Waals surface area contributed by atoms with E-state index in [0.717, 1.165) is 42.4 Å². The number of amides is 2. The van der Waals surface area contributed by atoms with Crippen LogP contribution < -0.4 is 15.6 Å². The Morgan fingerprint density at radius 2 is 1.74 bits per heavy atom. The molecule has 3 aromatic rings. The van der Waals surface area contributed by atoms with Crippen molar-refractivity contribution in [2.45, 2.75) is 90.5 Å². The maximum Gasteiger partial charge on any atom is 0.509 e. The molecule has 4 aliphatic rings. The van der Waals surface area contributed by atoms with Gasteiger partial charge in [0.15, 0.2) is 0 Å². The van der Waals surface area contributed by atoms with Crippen molar-refractivity contribution in [3.05, 3.63) is 56.9 Å². The number of nitrogens with zero attached hydrogens (tertiary/aromatic N) is 4. The number of nitrogens with one attached hydrogen (secondary N) is 1. The van der Waals surface area contributed by atoms with Gasteiger partial charge in [-0.1, -0.05) is 20.3 Å². The van der Waals surface area contributed by atoms with Gasteiger partial charge in [0.2, 0.25) is 5.60 Å². The zero-order valence-electron chi connectivity index (χ0n) is 32.9. The van der Waals surface area contributed by atoms with Crippen molar-refractivity contribution >= 4 is 35.2 Å². The number of likely N-dealkylation sites (tertiary alicyclic amines) is 2. The van der Waals surface area contributed by atoms with Gasteiger partial charge in [0, 0.05) is 42.2 Å². The third-order valence-corrected chi connectivity index (χ3v) is 11.4. The van der Waals surface area contributed by atoms with Crippen molar-refractivity contribution in [2.24, 2.45) is 0 Å². The number of alkyl carbamates (subject to hydrolysis) is 1. The van der Waals surface area contributed by atoms with Crippen LogP contribution in [0.3, 0.4) is 0 Å². The van der Waals surface area contributed by atoms with Crippen LogP contribution in [-0.2, 0) is 53.7 Å². The molecular weight excluding hydrogens is 738 g/mol. The van der Waals surface area contributed by atoms with Gasteiger partial charge < -0.3 is 48.1 Å². The molecule has 2 saturated heterocycles. The van der Waals surface area contributed by atoms with Crippen molar-refractivity contribution in [3.63, 3.8) is 0 Å². The number of fused-ring (bicyclic) bond motifs is 5. The van der Waals surface area contributed by atoms with Crippen LogP contribution in [0.15, 0.2) is 29.1 Å². The quantitative estimate of drug-likeness (QED) is 0.115. The van der Waals surface area contributed by atoms with Gasteiger partial charge in [-0.15, -0.1) is 0 Å². The molecule has 306 valence electrons. The fourth-order valence-corrected chi connectivity index (χ4v) is 8.49. The highest BCUT2D eigenvalue weighted by Crippen LogP contribution is 2.42. The summed E-state index contributed by atoms with van der Waals surface area (Å²) in [4.78, 5) is 74.6. The molecule has 0 saturated carbocycles. The molecule has 6 heterocycles. The maximum atomic E-state index is 14.1. The molecule has 1 N–H and O–H groups in total. The maximum absolute atomic E-state index is 14.1. The molecule has 1 aromatic carbocycles. The molecule has 2 amide bonds. The Labute approximate surface area is 330 Å². The van der Waals surface area contributed by atoms with Gasteiger partial charge in [-0.3, -0.25) is 4.79 Å². The molecule has 57 heavy (non-hydrogen) atoms. The van der Waals surface area contributed by atoms with Gasteiger partial charge in [-0.05, 0) is 88.4 Å². The zero-order valence-corrected chi connectivity index (χ0v) is 32.9. The number of aromatic nitrogens is 2. The van der Waals surface area contributed by atoms with Crippen molar-refractivity contribution in [1.82, 2.24) is 24.7 Å². The van der Waals surface area contributed by atoms with Gasteiger partial charge in [-0.2, -0.15) is 0 Å². The minimum absolute atomic E-state index is 0.00645. The van der Waals surface area contributed by atoms with E-state index in [9.17, 15) is 24.0 Å². The zero-order chi connectivity index (χ0) is 40.1. The summed E-state index contributed by atoms with van der Waals surface area (Å²) in [6, 6.07) is 7.60. The number of rotatable bonds is 12. The first kappa shape index (κ1) is 40.0. The van der Waals surface area contributed by atoms with Crippen LogP contribution in [0.2, 0.25) is 0 Å². The summed E-state index contributed by atoms with van der Waals surface area (Å²) >= 11 is 0. The van der Waals surface area contributed by atoms with E-state index in [0.29, 0.717) is 48.2 Å². The fraction of sp³-hybridized carbons (Fsp3) is 0.561. The summed E-state index contributed by atoms with van der Waals surface area (Å²) < 4.78 is 34.1.